The second-order valence-corrected chi connectivity index (χ2v) is 7.73. The van der Waals surface area contributed by atoms with Crippen molar-refractivity contribution in [2.45, 2.75) is 18.6 Å². The Morgan fingerprint density at radius 1 is 1.12 bits per heavy atom. The Balaban J connectivity index is 1.53. The molecule has 0 spiro atoms. The molecular formula is C23H18N4O4S. The Hall–Kier alpha value is -3.98. The van der Waals surface area contributed by atoms with Crippen LogP contribution in [0.1, 0.15) is 29.3 Å². The Labute approximate surface area is 188 Å². The topological polar surface area (TPSA) is 97.6 Å². The number of nitro benzene ring substituents is 1. The van der Waals surface area contributed by atoms with Crippen molar-refractivity contribution < 1.29 is 13.8 Å². The highest BCUT2D eigenvalue weighted by Crippen LogP contribution is 2.41. The van der Waals surface area contributed by atoms with E-state index in [1.807, 2.05) is 47.4 Å². The molecule has 0 radical (unpaired) electrons. The lowest BCUT2D eigenvalue weighted by Gasteiger charge is -2.25. The normalized spacial score (nSPS) is 18.0. The average Bonchev–Trinajstić information content (AvgIpc) is 3.56. The molecule has 1 aliphatic rings. The first kappa shape index (κ1) is 20.0. The van der Waals surface area contributed by atoms with Gasteiger partial charge in [0.15, 0.2) is 5.11 Å². The van der Waals surface area contributed by atoms with Crippen LogP contribution in [0.3, 0.4) is 0 Å². The van der Waals surface area contributed by atoms with Crippen LogP contribution in [0.25, 0.3) is 11.3 Å². The van der Waals surface area contributed by atoms with Crippen LogP contribution in [0.15, 0.2) is 88.0 Å². The summed E-state index contributed by atoms with van der Waals surface area (Å²) in [6.45, 7) is 0.458. The number of thiocarbonyl (C=S) groups is 1. The van der Waals surface area contributed by atoms with Crippen molar-refractivity contribution in [3.8, 4) is 11.3 Å². The highest BCUT2D eigenvalue weighted by atomic mass is 32.1. The summed E-state index contributed by atoms with van der Waals surface area (Å²) in [5.41, 5.74) is 1.47. The number of nitro groups is 1. The van der Waals surface area contributed by atoms with Crippen LogP contribution in [0.2, 0.25) is 0 Å². The van der Waals surface area contributed by atoms with Crippen molar-refractivity contribution in [3.05, 3.63) is 107 Å². The number of hydrogen-bond acceptors (Lipinski definition) is 6. The van der Waals surface area contributed by atoms with Gasteiger partial charge in [-0.25, -0.2) is 0 Å². The van der Waals surface area contributed by atoms with E-state index in [0.29, 0.717) is 28.7 Å². The zero-order valence-corrected chi connectivity index (χ0v) is 17.6. The lowest BCUT2D eigenvalue weighted by molar-refractivity contribution is -0.384. The van der Waals surface area contributed by atoms with Gasteiger partial charge in [-0.2, -0.15) is 0 Å². The highest BCUT2D eigenvalue weighted by Gasteiger charge is 2.42. The predicted molar refractivity (Wildman–Crippen MR) is 121 cm³/mol. The molecule has 2 atom stereocenters. The Bertz CT molecular complexity index is 1260. The fourth-order valence-corrected chi connectivity index (χ4v) is 4.20. The van der Waals surface area contributed by atoms with Gasteiger partial charge in [-0.15, -0.1) is 0 Å². The average molecular weight is 446 g/mol. The molecule has 32 heavy (non-hydrogen) atoms. The fourth-order valence-electron chi connectivity index (χ4n) is 3.89. The smallest absolute Gasteiger partial charge is 0.270 e. The maximum absolute atomic E-state index is 11.2. The third-order valence-electron chi connectivity index (χ3n) is 5.36. The largest absolute Gasteiger partial charge is 0.467 e. The van der Waals surface area contributed by atoms with Gasteiger partial charge in [-0.05, 0) is 48.6 Å². The first-order chi connectivity index (χ1) is 15.6. The monoisotopic (exact) mass is 446 g/mol. The number of furan rings is 2. The summed E-state index contributed by atoms with van der Waals surface area (Å²) >= 11 is 5.64. The van der Waals surface area contributed by atoms with E-state index in [2.05, 4.69) is 10.3 Å². The molecule has 0 bridgehead atoms. The highest BCUT2D eigenvalue weighted by molar-refractivity contribution is 7.80. The van der Waals surface area contributed by atoms with Crippen LogP contribution < -0.4 is 5.32 Å². The first-order valence-corrected chi connectivity index (χ1v) is 10.4. The molecule has 9 heteroatoms. The molecule has 4 heterocycles. The molecular weight excluding hydrogens is 428 g/mol. The summed E-state index contributed by atoms with van der Waals surface area (Å²) in [6, 6.07) is 19.0. The van der Waals surface area contributed by atoms with Gasteiger partial charge >= 0.3 is 0 Å². The van der Waals surface area contributed by atoms with E-state index in [-0.39, 0.29) is 17.8 Å². The number of nitrogens with one attached hydrogen (secondary N) is 1. The van der Waals surface area contributed by atoms with E-state index in [1.54, 1.807) is 24.6 Å². The second kappa shape index (κ2) is 8.27. The zero-order valence-electron chi connectivity index (χ0n) is 16.8. The summed E-state index contributed by atoms with van der Waals surface area (Å²) in [6.07, 6.45) is 3.36. The van der Waals surface area contributed by atoms with Gasteiger partial charge in [0.25, 0.3) is 5.69 Å². The standard InChI is InChI=1S/C23H18N4O4S/c28-27(29)16-6-3-5-15(13-16)19-9-10-20(31-19)22-21(18-8-1-2-11-24-18)25-23(32)26(22)14-17-7-4-12-30-17/h1-13,21-22H,14H2,(H,25,32). The van der Waals surface area contributed by atoms with Crippen molar-refractivity contribution in [3.63, 3.8) is 0 Å². The molecule has 0 aliphatic carbocycles. The van der Waals surface area contributed by atoms with Gasteiger partial charge in [0.1, 0.15) is 23.3 Å². The molecule has 0 saturated carbocycles. The van der Waals surface area contributed by atoms with Gasteiger partial charge in [0.05, 0.1) is 29.5 Å². The molecule has 1 fully saturated rings. The molecule has 1 aromatic carbocycles. The number of hydrogen-bond donors (Lipinski definition) is 1. The predicted octanol–water partition coefficient (Wildman–Crippen LogP) is 5.02. The van der Waals surface area contributed by atoms with E-state index in [9.17, 15) is 10.1 Å². The van der Waals surface area contributed by atoms with Gasteiger partial charge in [0, 0.05) is 23.9 Å². The first-order valence-electron chi connectivity index (χ1n) is 9.95. The molecule has 4 aromatic rings. The minimum atomic E-state index is -0.422. The number of pyridine rings is 1. The summed E-state index contributed by atoms with van der Waals surface area (Å²) in [7, 11) is 0. The van der Waals surface area contributed by atoms with E-state index in [4.69, 9.17) is 21.1 Å². The van der Waals surface area contributed by atoms with Crippen molar-refractivity contribution in [1.82, 2.24) is 15.2 Å². The number of nitrogens with zero attached hydrogens (tertiary/aromatic N) is 3. The maximum atomic E-state index is 11.2. The van der Waals surface area contributed by atoms with Crippen molar-refractivity contribution in [2.75, 3.05) is 0 Å². The fraction of sp³-hybridized carbons (Fsp3) is 0.130. The number of non-ortho nitro benzene ring substituents is 1. The number of benzene rings is 1. The van der Waals surface area contributed by atoms with Gasteiger partial charge in [0.2, 0.25) is 0 Å². The zero-order chi connectivity index (χ0) is 22.1. The maximum Gasteiger partial charge on any atom is 0.270 e. The summed E-state index contributed by atoms with van der Waals surface area (Å²) in [4.78, 5) is 17.3. The van der Waals surface area contributed by atoms with Crippen LogP contribution in [-0.2, 0) is 6.54 Å². The minimum absolute atomic E-state index is 0.00923. The van der Waals surface area contributed by atoms with Crippen molar-refractivity contribution >= 4 is 23.0 Å². The van der Waals surface area contributed by atoms with Crippen LogP contribution in [-0.4, -0.2) is 19.9 Å². The van der Waals surface area contributed by atoms with Crippen molar-refractivity contribution in [1.29, 1.82) is 0 Å². The molecule has 1 aliphatic heterocycles. The summed E-state index contributed by atoms with van der Waals surface area (Å²) < 4.78 is 11.8. The lowest BCUT2D eigenvalue weighted by atomic mass is 10.0. The van der Waals surface area contributed by atoms with Crippen molar-refractivity contribution in [2.24, 2.45) is 0 Å². The third kappa shape index (κ3) is 3.74. The van der Waals surface area contributed by atoms with Crippen LogP contribution in [0.4, 0.5) is 5.69 Å². The quantitative estimate of drug-likeness (QED) is 0.251. The van der Waals surface area contributed by atoms with Crippen LogP contribution in [0.5, 0.6) is 0 Å². The second-order valence-electron chi connectivity index (χ2n) is 7.34. The van der Waals surface area contributed by atoms with Gasteiger partial charge in [-0.1, -0.05) is 18.2 Å². The van der Waals surface area contributed by atoms with E-state index < -0.39 is 4.92 Å². The molecule has 8 nitrogen and oxygen atoms in total. The summed E-state index contributed by atoms with van der Waals surface area (Å²) in [5, 5.41) is 15.1. The SMILES string of the molecule is O=[N+]([O-])c1cccc(-c2ccc(C3C(c4ccccn4)NC(=S)N3Cc3ccco3)o2)c1. The summed E-state index contributed by atoms with van der Waals surface area (Å²) in [5.74, 6) is 1.98. The van der Waals surface area contributed by atoms with Crippen LogP contribution in [0, 0.1) is 10.1 Å². The van der Waals surface area contributed by atoms with E-state index >= 15 is 0 Å². The van der Waals surface area contributed by atoms with E-state index in [0.717, 1.165) is 11.5 Å². The van der Waals surface area contributed by atoms with E-state index in [1.165, 1.54) is 12.1 Å². The molecule has 1 saturated heterocycles. The van der Waals surface area contributed by atoms with Gasteiger partial charge < -0.3 is 19.1 Å². The molecule has 2 unspecified atom stereocenters. The van der Waals surface area contributed by atoms with Gasteiger partial charge in [-0.3, -0.25) is 15.1 Å². The Kier molecular flexibility index (Phi) is 5.16. The van der Waals surface area contributed by atoms with Crippen LogP contribution >= 0.6 is 12.2 Å². The molecule has 5 rings (SSSR count). The molecule has 160 valence electrons. The number of rotatable bonds is 6. The molecule has 1 N–H and O–H groups in total. The minimum Gasteiger partial charge on any atom is -0.467 e. The number of aromatic nitrogens is 1. The molecule has 0 amide bonds. The molecule has 3 aromatic heterocycles. The third-order valence-corrected chi connectivity index (χ3v) is 5.72. The lowest BCUT2D eigenvalue weighted by Crippen LogP contribution is -2.28. The Morgan fingerprint density at radius 2 is 2.03 bits per heavy atom. The Morgan fingerprint density at radius 3 is 2.78 bits per heavy atom.